The zero-order valence-corrected chi connectivity index (χ0v) is 18.7. The molecule has 1 aliphatic heterocycles. The smallest absolute Gasteiger partial charge is 0.257 e. The number of thiophene rings is 1. The zero-order valence-electron chi connectivity index (χ0n) is 16.2. The molecule has 5 nitrogen and oxygen atoms in total. The van der Waals surface area contributed by atoms with Gasteiger partial charge < -0.3 is 5.32 Å². The summed E-state index contributed by atoms with van der Waals surface area (Å²) in [5.74, 6) is 1.59. The Morgan fingerprint density at radius 3 is 2.72 bits per heavy atom. The largest absolute Gasteiger partial charge is 0.351 e. The summed E-state index contributed by atoms with van der Waals surface area (Å²) in [5.41, 5.74) is 3.92. The van der Waals surface area contributed by atoms with Crippen LogP contribution in [-0.2, 0) is 39.8 Å². The van der Waals surface area contributed by atoms with Crippen LogP contribution in [0.2, 0.25) is 0 Å². The van der Waals surface area contributed by atoms with E-state index in [2.05, 4.69) is 12.2 Å². The molecule has 1 amide bonds. The summed E-state index contributed by atoms with van der Waals surface area (Å²) in [6, 6.07) is 6.44. The second-order valence-electron chi connectivity index (χ2n) is 7.69. The number of nitrogens with two attached hydrogens (primary N) is 1. The molecule has 0 saturated heterocycles. The average Bonchev–Trinajstić information content (AvgIpc) is 3.04. The third-order valence-corrected chi connectivity index (χ3v) is 8.68. The molecule has 8 heteroatoms. The number of rotatable bonds is 5. The normalized spacial score (nSPS) is 18.6. The summed E-state index contributed by atoms with van der Waals surface area (Å²) < 4.78 is 22.6. The van der Waals surface area contributed by atoms with Gasteiger partial charge in [-0.2, -0.15) is 0 Å². The van der Waals surface area contributed by atoms with Crippen molar-refractivity contribution in [1.29, 1.82) is 0 Å². The van der Waals surface area contributed by atoms with Crippen LogP contribution in [-0.4, -0.2) is 20.9 Å². The van der Waals surface area contributed by atoms with Crippen LogP contribution in [0, 0.1) is 5.92 Å². The fourth-order valence-corrected chi connectivity index (χ4v) is 7.00. The summed E-state index contributed by atoms with van der Waals surface area (Å²) in [5, 5.41) is 8.09. The number of primary sulfonamides is 1. The van der Waals surface area contributed by atoms with Gasteiger partial charge >= 0.3 is 0 Å². The van der Waals surface area contributed by atoms with Crippen LogP contribution in [0.15, 0.2) is 34.1 Å². The summed E-state index contributed by atoms with van der Waals surface area (Å²) in [6.45, 7) is 2.81. The minimum absolute atomic E-state index is 0.0402. The molecule has 1 unspecified atom stereocenters. The van der Waals surface area contributed by atoms with Gasteiger partial charge in [-0.3, -0.25) is 4.79 Å². The van der Waals surface area contributed by atoms with Gasteiger partial charge in [-0.1, -0.05) is 19.1 Å². The van der Waals surface area contributed by atoms with Crippen LogP contribution in [0.1, 0.15) is 39.8 Å². The lowest BCUT2D eigenvalue weighted by atomic mass is 9.88. The minimum Gasteiger partial charge on any atom is -0.351 e. The Labute approximate surface area is 179 Å². The van der Waals surface area contributed by atoms with Gasteiger partial charge in [0.1, 0.15) is 0 Å². The lowest BCUT2D eigenvalue weighted by Gasteiger charge is -2.19. The molecule has 0 fully saturated rings. The Bertz CT molecular complexity index is 1070. The van der Waals surface area contributed by atoms with Gasteiger partial charge in [0.15, 0.2) is 0 Å². The number of sulfonamides is 1. The van der Waals surface area contributed by atoms with Gasteiger partial charge in [-0.15, -0.1) is 23.1 Å². The molecule has 0 spiro atoms. The molecule has 2 aromatic rings. The quantitative estimate of drug-likeness (QED) is 0.733. The Morgan fingerprint density at radius 2 is 2.00 bits per heavy atom. The molecule has 1 aromatic heterocycles. The zero-order chi connectivity index (χ0) is 20.6. The maximum Gasteiger partial charge on any atom is 0.257 e. The van der Waals surface area contributed by atoms with E-state index in [1.807, 2.05) is 17.4 Å². The second kappa shape index (κ2) is 8.26. The third kappa shape index (κ3) is 4.60. The summed E-state index contributed by atoms with van der Waals surface area (Å²) in [7, 11) is -3.68. The molecule has 0 radical (unpaired) electrons. The van der Waals surface area contributed by atoms with Crippen LogP contribution >= 0.6 is 23.1 Å². The average molecular weight is 449 g/mol. The highest BCUT2D eigenvalue weighted by Crippen LogP contribution is 2.43. The van der Waals surface area contributed by atoms with Crippen LogP contribution < -0.4 is 10.5 Å². The second-order valence-corrected chi connectivity index (χ2v) is 11.4. The summed E-state index contributed by atoms with van der Waals surface area (Å²) >= 11 is 3.48. The molecule has 0 saturated carbocycles. The van der Waals surface area contributed by atoms with E-state index in [1.54, 1.807) is 23.9 Å². The molecule has 2 heterocycles. The molecule has 1 atom stereocenters. The fraction of sp³-hybridized carbons (Fsp3) is 0.381. The highest BCUT2D eigenvalue weighted by atomic mass is 32.2. The molecular weight excluding hydrogens is 424 g/mol. The SMILES string of the molecule is CC1CCc2c(sc3c2CSC(C(=O)NCCc2ccc(S(N)(=O)=O)cc2)=C3)C1. The molecule has 1 aliphatic carbocycles. The van der Waals surface area contributed by atoms with E-state index in [0.29, 0.717) is 13.0 Å². The standard InChI is InChI=1S/C21H24N2O3S3/c1-13-2-7-16-17-12-27-20(11-19(17)28-18(16)10-13)21(24)23-9-8-14-3-5-15(6-4-14)29(22,25)26/h3-6,11,13H,2,7-10,12H2,1H3,(H,23,24)(H2,22,25,26). The minimum atomic E-state index is -3.68. The van der Waals surface area contributed by atoms with E-state index in [-0.39, 0.29) is 10.8 Å². The Kier molecular flexibility index (Phi) is 5.88. The Morgan fingerprint density at radius 1 is 1.24 bits per heavy atom. The first-order valence-electron chi connectivity index (χ1n) is 9.69. The predicted octanol–water partition coefficient (Wildman–Crippen LogP) is 3.47. The molecule has 1 aromatic carbocycles. The Hall–Kier alpha value is -1.61. The molecular formula is C21H24N2O3S3. The van der Waals surface area contributed by atoms with E-state index in [9.17, 15) is 13.2 Å². The van der Waals surface area contributed by atoms with Gasteiger partial charge in [0.25, 0.3) is 5.91 Å². The Balaban J connectivity index is 1.36. The highest BCUT2D eigenvalue weighted by molar-refractivity contribution is 8.03. The van der Waals surface area contributed by atoms with Crippen molar-refractivity contribution in [1.82, 2.24) is 5.32 Å². The maximum absolute atomic E-state index is 12.6. The first-order valence-corrected chi connectivity index (χ1v) is 13.0. The summed E-state index contributed by atoms with van der Waals surface area (Å²) in [6.07, 6.45) is 6.27. The van der Waals surface area contributed by atoms with Crippen molar-refractivity contribution in [2.45, 2.75) is 43.3 Å². The summed E-state index contributed by atoms with van der Waals surface area (Å²) in [4.78, 5) is 16.2. The van der Waals surface area contributed by atoms with Crippen LogP contribution in [0.5, 0.6) is 0 Å². The number of hydrogen-bond acceptors (Lipinski definition) is 5. The first kappa shape index (κ1) is 20.7. The van der Waals surface area contributed by atoms with E-state index in [1.165, 1.54) is 45.9 Å². The molecule has 154 valence electrons. The van der Waals surface area contributed by atoms with Crippen molar-refractivity contribution < 1.29 is 13.2 Å². The van der Waals surface area contributed by atoms with Crippen molar-refractivity contribution in [3.8, 4) is 0 Å². The van der Waals surface area contributed by atoms with Crippen molar-refractivity contribution in [2.24, 2.45) is 11.1 Å². The lowest BCUT2D eigenvalue weighted by molar-refractivity contribution is -0.116. The molecule has 4 rings (SSSR count). The number of thioether (sulfide) groups is 1. The molecule has 2 aliphatic rings. The first-order chi connectivity index (χ1) is 13.8. The lowest BCUT2D eigenvalue weighted by Crippen LogP contribution is -2.26. The van der Waals surface area contributed by atoms with E-state index in [0.717, 1.165) is 28.6 Å². The third-order valence-electron chi connectivity index (χ3n) is 5.46. The van der Waals surface area contributed by atoms with Crippen molar-refractivity contribution >= 4 is 45.1 Å². The highest BCUT2D eigenvalue weighted by Gasteiger charge is 2.26. The van der Waals surface area contributed by atoms with Crippen molar-refractivity contribution in [3.63, 3.8) is 0 Å². The maximum atomic E-state index is 12.6. The van der Waals surface area contributed by atoms with Crippen LogP contribution in [0.3, 0.4) is 0 Å². The molecule has 3 N–H and O–H groups in total. The fourth-order valence-electron chi connectivity index (χ4n) is 3.81. The molecule has 0 bridgehead atoms. The number of amides is 1. The number of carbonyl (C=O) groups is 1. The van der Waals surface area contributed by atoms with E-state index >= 15 is 0 Å². The van der Waals surface area contributed by atoms with Crippen LogP contribution in [0.25, 0.3) is 6.08 Å². The van der Waals surface area contributed by atoms with Gasteiger partial charge in [-0.25, -0.2) is 13.6 Å². The molecule has 29 heavy (non-hydrogen) atoms. The van der Waals surface area contributed by atoms with Gasteiger partial charge in [0.05, 0.1) is 9.80 Å². The topological polar surface area (TPSA) is 89.3 Å². The number of carbonyl (C=O) groups excluding carboxylic acids is 1. The number of hydrogen-bond donors (Lipinski definition) is 2. The van der Waals surface area contributed by atoms with Gasteiger partial charge in [0, 0.05) is 22.1 Å². The number of benzene rings is 1. The number of nitrogens with one attached hydrogen (secondary N) is 1. The van der Waals surface area contributed by atoms with Crippen molar-refractivity contribution in [2.75, 3.05) is 6.54 Å². The van der Waals surface area contributed by atoms with Gasteiger partial charge in [0.2, 0.25) is 10.0 Å². The van der Waals surface area contributed by atoms with E-state index in [4.69, 9.17) is 5.14 Å². The van der Waals surface area contributed by atoms with E-state index < -0.39 is 10.0 Å². The predicted molar refractivity (Wildman–Crippen MR) is 119 cm³/mol. The van der Waals surface area contributed by atoms with Crippen molar-refractivity contribution in [3.05, 3.63) is 55.6 Å². The monoisotopic (exact) mass is 448 g/mol. The number of fused-ring (bicyclic) bond motifs is 3. The van der Waals surface area contributed by atoms with Gasteiger partial charge in [-0.05, 0) is 66.5 Å². The van der Waals surface area contributed by atoms with Crippen LogP contribution in [0.4, 0.5) is 0 Å².